The van der Waals surface area contributed by atoms with E-state index in [9.17, 15) is 22.8 Å². The Balaban J connectivity index is 1.47. The first-order valence-electron chi connectivity index (χ1n) is 9.15. The molecular formula is C18H21F3N6O3. The highest BCUT2D eigenvalue weighted by molar-refractivity contribution is 5.93. The number of piperazine rings is 1. The standard InChI is InChI=1S/C18H21F3N6O3/c1-30-17(29)15-10-27(24-23-15)12-26-8-6-25(7-9-26)11-16(28)22-14-5-3-2-4-13(14)18(19,20)21/h2-5,10H,6-9,11-12H2,1H3,(H,22,28). The van der Waals surface area contributed by atoms with Gasteiger partial charge in [-0.1, -0.05) is 17.3 Å². The number of hydrogen-bond donors (Lipinski definition) is 1. The topological polar surface area (TPSA) is 92.6 Å². The molecule has 30 heavy (non-hydrogen) atoms. The van der Waals surface area contributed by atoms with E-state index >= 15 is 0 Å². The number of hydrogen-bond acceptors (Lipinski definition) is 7. The zero-order chi connectivity index (χ0) is 21.7. The van der Waals surface area contributed by atoms with Crippen molar-refractivity contribution in [3.8, 4) is 0 Å². The molecule has 9 nitrogen and oxygen atoms in total. The molecule has 0 atom stereocenters. The van der Waals surface area contributed by atoms with Crippen molar-refractivity contribution in [1.82, 2.24) is 24.8 Å². The minimum Gasteiger partial charge on any atom is -0.464 e. The quantitative estimate of drug-likeness (QED) is 0.696. The van der Waals surface area contributed by atoms with Crippen LogP contribution in [0.4, 0.5) is 18.9 Å². The second-order valence-electron chi connectivity index (χ2n) is 6.76. The van der Waals surface area contributed by atoms with Crippen LogP contribution < -0.4 is 5.32 Å². The second-order valence-corrected chi connectivity index (χ2v) is 6.76. The maximum Gasteiger partial charge on any atom is 0.418 e. The van der Waals surface area contributed by atoms with Gasteiger partial charge in [0.2, 0.25) is 5.91 Å². The number of para-hydroxylation sites is 1. The number of ether oxygens (including phenoxy) is 1. The molecule has 2 heterocycles. The molecule has 1 fully saturated rings. The lowest BCUT2D eigenvalue weighted by atomic mass is 10.1. The maximum atomic E-state index is 13.0. The van der Waals surface area contributed by atoms with Crippen molar-refractivity contribution in [1.29, 1.82) is 0 Å². The number of carbonyl (C=O) groups is 2. The molecule has 1 amide bonds. The van der Waals surface area contributed by atoms with Gasteiger partial charge in [-0.2, -0.15) is 13.2 Å². The van der Waals surface area contributed by atoms with Crippen molar-refractivity contribution in [3.63, 3.8) is 0 Å². The highest BCUT2D eigenvalue weighted by atomic mass is 19.4. The highest BCUT2D eigenvalue weighted by Crippen LogP contribution is 2.34. The number of methoxy groups -OCH3 is 1. The van der Waals surface area contributed by atoms with Crippen LogP contribution >= 0.6 is 0 Å². The first-order valence-corrected chi connectivity index (χ1v) is 9.15. The van der Waals surface area contributed by atoms with Crippen molar-refractivity contribution >= 4 is 17.6 Å². The normalized spacial score (nSPS) is 15.7. The highest BCUT2D eigenvalue weighted by Gasteiger charge is 2.33. The summed E-state index contributed by atoms with van der Waals surface area (Å²) in [7, 11) is 1.26. The van der Waals surface area contributed by atoms with E-state index in [1.807, 2.05) is 4.90 Å². The number of benzene rings is 1. The lowest BCUT2D eigenvalue weighted by Crippen LogP contribution is -2.48. The van der Waals surface area contributed by atoms with Crippen LogP contribution in [0.2, 0.25) is 0 Å². The molecule has 0 spiro atoms. The predicted octanol–water partition coefficient (Wildman–Crippen LogP) is 1.30. The summed E-state index contributed by atoms with van der Waals surface area (Å²) in [5, 5.41) is 9.97. The van der Waals surface area contributed by atoms with Crippen LogP contribution in [0.5, 0.6) is 0 Å². The summed E-state index contributed by atoms with van der Waals surface area (Å²) in [6.07, 6.45) is -3.05. The van der Waals surface area contributed by atoms with Gasteiger partial charge in [-0.05, 0) is 12.1 Å². The molecule has 0 bridgehead atoms. The summed E-state index contributed by atoms with van der Waals surface area (Å²) in [6, 6.07) is 4.89. The van der Waals surface area contributed by atoms with E-state index in [0.717, 1.165) is 6.07 Å². The summed E-state index contributed by atoms with van der Waals surface area (Å²) in [4.78, 5) is 27.6. The van der Waals surface area contributed by atoms with Gasteiger partial charge in [0.25, 0.3) is 0 Å². The first-order chi connectivity index (χ1) is 14.3. The molecular weight excluding hydrogens is 405 g/mol. The molecule has 3 rings (SSSR count). The van der Waals surface area contributed by atoms with Gasteiger partial charge in [0, 0.05) is 26.2 Å². The van der Waals surface area contributed by atoms with E-state index in [0.29, 0.717) is 32.8 Å². The van der Waals surface area contributed by atoms with Gasteiger partial charge in [-0.15, -0.1) is 5.10 Å². The van der Waals surface area contributed by atoms with E-state index in [4.69, 9.17) is 0 Å². The Morgan fingerprint density at radius 2 is 1.80 bits per heavy atom. The van der Waals surface area contributed by atoms with E-state index in [1.165, 1.54) is 36.2 Å². The van der Waals surface area contributed by atoms with E-state index in [-0.39, 0.29) is 17.9 Å². The van der Waals surface area contributed by atoms with E-state index in [2.05, 4.69) is 25.3 Å². The third-order valence-corrected chi connectivity index (χ3v) is 4.62. The molecule has 0 radical (unpaired) electrons. The van der Waals surface area contributed by atoms with Crippen molar-refractivity contribution in [2.45, 2.75) is 12.8 Å². The van der Waals surface area contributed by atoms with Crippen LogP contribution in [0.1, 0.15) is 16.1 Å². The summed E-state index contributed by atoms with van der Waals surface area (Å²) in [5.74, 6) is -1.07. The van der Waals surface area contributed by atoms with E-state index in [1.54, 1.807) is 0 Å². The van der Waals surface area contributed by atoms with Gasteiger partial charge < -0.3 is 10.1 Å². The van der Waals surface area contributed by atoms with Crippen LogP contribution in [-0.2, 0) is 22.4 Å². The van der Waals surface area contributed by atoms with Gasteiger partial charge in [0.05, 0.1) is 37.8 Å². The fraction of sp³-hybridized carbons (Fsp3) is 0.444. The molecule has 0 unspecified atom stereocenters. The lowest BCUT2D eigenvalue weighted by molar-refractivity contribution is -0.137. The minimum atomic E-state index is -4.54. The fourth-order valence-electron chi connectivity index (χ4n) is 3.09. The van der Waals surface area contributed by atoms with Crippen LogP contribution in [-0.4, -0.2) is 76.5 Å². The molecule has 162 valence electrons. The number of aromatic nitrogens is 3. The number of halogens is 3. The van der Waals surface area contributed by atoms with Crippen LogP contribution in [0.25, 0.3) is 0 Å². The molecule has 0 saturated carbocycles. The zero-order valence-electron chi connectivity index (χ0n) is 16.2. The summed E-state index contributed by atoms with van der Waals surface area (Å²) >= 11 is 0. The number of alkyl halides is 3. The van der Waals surface area contributed by atoms with Gasteiger partial charge in [-0.3, -0.25) is 14.6 Å². The molecule has 1 aliphatic rings. The number of anilines is 1. The number of esters is 1. The molecule has 1 aliphatic heterocycles. The average Bonchev–Trinajstić information content (AvgIpc) is 3.17. The van der Waals surface area contributed by atoms with Crippen LogP contribution in [0.15, 0.2) is 30.5 Å². The van der Waals surface area contributed by atoms with Gasteiger partial charge in [-0.25, -0.2) is 9.48 Å². The number of carbonyl (C=O) groups excluding carboxylic acids is 2. The Morgan fingerprint density at radius 3 is 2.47 bits per heavy atom. The van der Waals surface area contributed by atoms with Gasteiger partial charge >= 0.3 is 12.1 Å². The Morgan fingerprint density at radius 1 is 1.13 bits per heavy atom. The minimum absolute atomic E-state index is 0.00412. The maximum absolute atomic E-state index is 13.0. The molecule has 1 aromatic heterocycles. The molecule has 0 aliphatic carbocycles. The van der Waals surface area contributed by atoms with Crippen LogP contribution in [0, 0.1) is 0 Å². The van der Waals surface area contributed by atoms with Crippen molar-refractivity contribution in [3.05, 3.63) is 41.7 Å². The second kappa shape index (κ2) is 9.22. The third kappa shape index (κ3) is 5.54. The predicted molar refractivity (Wildman–Crippen MR) is 99.4 cm³/mol. The lowest BCUT2D eigenvalue weighted by Gasteiger charge is -2.33. The smallest absolute Gasteiger partial charge is 0.418 e. The number of amides is 1. The molecule has 1 aromatic carbocycles. The van der Waals surface area contributed by atoms with Gasteiger partial charge in [0.1, 0.15) is 0 Å². The third-order valence-electron chi connectivity index (χ3n) is 4.62. The van der Waals surface area contributed by atoms with Gasteiger partial charge in [0.15, 0.2) is 5.69 Å². The molecule has 2 aromatic rings. The van der Waals surface area contributed by atoms with Crippen molar-refractivity contribution in [2.75, 3.05) is 45.2 Å². The Hall–Kier alpha value is -2.99. The SMILES string of the molecule is COC(=O)c1cn(CN2CCN(CC(=O)Nc3ccccc3C(F)(F)F)CC2)nn1. The average molecular weight is 426 g/mol. The first kappa shape index (κ1) is 21.7. The number of nitrogens with one attached hydrogen (secondary N) is 1. The van der Waals surface area contributed by atoms with Crippen molar-refractivity contribution in [2.24, 2.45) is 0 Å². The number of nitrogens with zero attached hydrogens (tertiary/aromatic N) is 5. The zero-order valence-corrected chi connectivity index (χ0v) is 16.2. The number of rotatable bonds is 6. The summed E-state index contributed by atoms with van der Waals surface area (Å²) in [5.41, 5.74) is -1.00. The monoisotopic (exact) mass is 426 g/mol. The molecule has 1 N–H and O–H groups in total. The largest absolute Gasteiger partial charge is 0.464 e. The van der Waals surface area contributed by atoms with E-state index < -0.39 is 23.6 Å². The molecule has 1 saturated heterocycles. The summed E-state index contributed by atoms with van der Waals surface area (Å²) in [6.45, 7) is 2.79. The Bertz CT molecular complexity index is 893. The summed E-state index contributed by atoms with van der Waals surface area (Å²) < 4.78 is 45.2. The fourth-order valence-corrected chi connectivity index (χ4v) is 3.09. The van der Waals surface area contributed by atoms with Crippen LogP contribution in [0.3, 0.4) is 0 Å². The Kier molecular flexibility index (Phi) is 6.67. The molecule has 12 heteroatoms. The van der Waals surface area contributed by atoms with Crippen molar-refractivity contribution < 1.29 is 27.5 Å². The Labute approximate surface area is 170 Å².